The predicted molar refractivity (Wildman–Crippen MR) is 37.7 cm³/mol. The molecule has 1 aliphatic heterocycles. The second-order valence-corrected chi connectivity index (χ2v) is 3.27. The maximum absolute atomic E-state index is 12.5. The molecule has 2 rings (SSSR count). The molecule has 2 nitrogen and oxygen atoms in total. The average molecular weight is 176 g/mol. The quantitative estimate of drug-likeness (QED) is 0.526. The summed E-state index contributed by atoms with van der Waals surface area (Å²) in [4.78, 5) is 0. The first kappa shape index (κ1) is 8.13. The highest BCUT2D eigenvalue weighted by molar-refractivity contribution is 5.04. The fourth-order valence-electron chi connectivity index (χ4n) is 1.68. The lowest BCUT2D eigenvalue weighted by molar-refractivity contribution is -0.350. The number of hydrogen-bond donors (Lipinski definition) is 0. The molecule has 1 aliphatic carbocycles. The van der Waals surface area contributed by atoms with E-state index in [4.69, 9.17) is 0 Å². The highest BCUT2D eigenvalue weighted by Crippen LogP contribution is 2.39. The molecular formula is C8H10F2O2. The number of ether oxygens (including phenoxy) is 2. The van der Waals surface area contributed by atoms with Gasteiger partial charge in [0.25, 0.3) is 0 Å². The molecule has 0 N–H and O–H groups in total. The standard InChI is InChI=1S/C8H10F2O2/c1-5-2-3-6-7(4-5)12-8(9,10)11-6/h6-7H,1-4H2. The van der Waals surface area contributed by atoms with Crippen LogP contribution in [0.2, 0.25) is 0 Å². The van der Waals surface area contributed by atoms with E-state index in [9.17, 15) is 8.78 Å². The third kappa shape index (κ3) is 1.36. The van der Waals surface area contributed by atoms with E-state index in [-0.39, 0.29) is 0 Å². The van der Waals surface area contributed by atoms with Crippen LogP contribution in [0.1, 0.15) is 19.3 Å². The third-order valence-electron chi connectivity index (χ3n) is 2.26. The van der Waals surface area contributed by atoms with E-state index < -0.39 is 18.5 Å². The molecule has 1 saturated carbocycles. The molecule has 0 bridgehead atoms. The maximum atomic E-state index is 12.5. The minimum atomic E-state index is -3.38. The molecule has 2 unspecified atom stereocenters. The Bertz CT molecular complexity index is 215. The minimum absolute atomic E-state index is 0.439. The van der Waals surface area contributed by atoms with Crippen LogP contribution in [0.25, 0.3) is 0 Å². The molecule has 0 aromatic rings. The van der Waals surface area contributed by atoms with Crippen LogP contribution in [0.4, 0.5) is 8.78 Å². The summed E-state index contributed by atoms with van der Waals surface area (Å²) in [5, 5.41) is 0. The van der Waals surface area contributed by atoms with Crippen molar-refractivity contribution >= 4 is 0 Å². The monoisotopic (exact) mass is 176 g/mol. The van der Waals surface area contributed by atoms with Crippen LogP contribution in [-0.4, -0.2) is 18.5 Å². The Morgan fingerprint density at radius 2 is 2.00 bits per heavy atom. The number of fused-ring (bicyclic) bond motifs is 1. The number of alkyl halides is 2. The smallest absolute Gasteiger partial charge is 0.290 e. The first-order valence-electron chi connectivity index (χ1n) is 3.97. The lowest BCUT2D eigenvalue weighted by Crippen LogP contribution is -2.27. The molecule has 2 aliphatic rings. The van der Waals surface area contributed by atoms with Crippen LogP contribution in [0, 0.1) is 0 Å². The molecule has 0 radical (unpaired) electrons. The Hall–Kier alpha value is -0.480. The number of rotatable bonds is 0. The molecule has 0 amide bonds. The summed E-state index contributed by atoms with van der Waals surface area (Å²) in [5.74, 6) is 0. The zero-order valence-corrected chi connectivity index (χ0v) is 6.56. The largest absolute Gasteiger partial charge is 0.486 e. The topological polar surface area (TPSA) is 18.5 Å². The van der Waals surface area contributed by atoms with Crippen molar-refractivity contribution in [3.63, 3.8) is 0 Å². The molecule has 2 atom stereocenters. The molecule has 4 heteroatoms. The Balaban J connectivity index is 2.07. The number of hydrogen-bond acceptors (Lipinski definition) is 2. The van der Waals surface area contributed by atoms with E-state index in [2.05, 4.69) is 16.1 Å². The SMILES string of the molecule is C=C1CCC2OC(F)(F)OC2C1. The summed E-state index contributed by atoms with van der Waals surface area (Å²) in [6.45, 7) is 3.74. The van der Waals surface area contributed by atoms with Crippen molar-refractivity contribution in [3.05, 3.63) is 12.2 Å². The molecule has 1 saturated heterocycles. The van der Waals surface area contributed by atoms with Gasteiger partial charge in [-0.15, -0.1) is 8.78 Å². The van der Waals surface area contributed by atoms with Gasteiger partial charge in [0, 0.05) is 0 Å². The van der Waals surface area contributed by atoms with Gasteiger partial charge >= 0.3 is 6.29 Å². The van der Waals surface area contributed by atoms with Gasteiger partial charge in [0.05, 0.1) is 12.2 Å². The van der Waals surface area contributed by atoms with Gasteiger partial charge in [0.1, 0.15) is 0 Å². The van der Waals surface area contributed by atoms with E-state index in [1.165, 1.54) is 0 Å². The van der Waals surface area contributed by atoms with Crippen LogP contribution < -0.4 is 0 Å². The van der Waals surface area contributed by atoms with Crippen molar-refractivity contribution in [1.29, 1.82) is 0 Å². The Morgan fingerprint density at radius 1 is 1.33 bits per heavy atom. The summed E-state index contributed by atoms with van der Waals surface area (Å²) < 4.78 is 33.8. The first-order chi connectivity index (χ1) is 5.57. The van der Waals surface area contributed by atoms with Crippen LogP contribution in [-0.2, 0) is 9.47 Å². The second-order valence-electron chi connectivity index (χ2n) is 3.27. The van der Waals surface area contributed by atoms with Crippen molar-refractivity contribution in [2.75, 3.05) is 0 Å². The van der Waals surface area contributed by atoms with Crippen LogP contribution in [0.15, 0.2) is 12.2 Å². The van der Waals surface area contributed by atoms with Gasteiger partial charge in [-0.1, -0.05) is 12.2 Å². The van der Waals surface area contributed by atoms with Crippen molar-refractivity contribution < 1.29 is 18.3 Å². The van der Waals surface area contributed by atoms with Gasteiger partial charge in [-0.05, 0) is 19.3 Å². The van der Waals surface area contributed by atoms with Gasteiger partial charge in [-0.2, -0.15) is 0 Å². The van der Waals surface area contributed by atoms with E-state index in [1.807, 2.05) is 0 Å². The van der Waals surface area contributed by atoms with E-state index >= 15 is 0 Å². The summed E-state index contributed by atoms with van der Waals surface area (Å²) in [5.41, 5.74) is 0.970. The summed E-state index contributed by atoms with van der Waals surface area (Å²) in [7, 11) is 0. The van der Waals surface area contributed by atoms with Crippen molar-refractivity contribution in [2.45, 2.75) is 37.8 Å². The van der Waals surface area contributed by atoms with Gasteiger partial charge < -0.3 is 0 Å². The van der Waals surface area contributed by atoms with Gasteiger partial charge in [-0.3, -0.25) is 9.47 Å². The molecule has 0 aromatic heterocycles. The first-order valence-corrected chi connectivity index (χ1v) is 3.97. The molecule has 1 heterocycles. The molecule has 0 aromatic carbocycles. The molecule has 2 fully saturated rings. The zero-order valence-electron chi connectivity index (χ0n) is 6.56. The zero-order chi connectivity index (χ0) is 8.77. The van der Waals surface area contributed by atoms with Crippen molar-refractivity contribution in [1.82, 2.24) is 0 Å². The number of halogens is 2. The molecular weight excluding hydrogens is 166 g/mol. The van der Waals surface area contributed by atoms with Crippen LogP contribution >= 0.6 is 0 Å². The minimum Gasteiger partial charge on any atom is -0.290 e. The summed E-state index contributed by atoms with van der Waals surface area (Å²) in [6.07, 6.45) is -2.44. The Morgan fingerprint density at radius 3 is 2.75 bits per heavy atom. The van der Waals surface area contributed by atoms with Gasteiger partial charge in [-0.25, -0.2) is 0 Å². The fraction of sp³-hybridized carbons (Fsp3) is 0.750. The van der Waals surface area contributed by atoms with E-state index in [0.717, 1.165) is 12.0 Å². The van der Waals surface area contributed by atoms with E-state index in [1.54, 1.807) is 0 Å². The van der Waals surface area contributed by atoms with Crippen LogP contribution in [0.5, 0.6) is 0 Å². The predicted octanol–water partition coefficient (Wildman–Crippen LogP) is 2.06. The fourth-order valence-corrected chi connectivity index (χ4v) is 1.68. The van der Waals surface area contributed by atoms with E-state index in [0.29, 0.717) is 12.8 Å². The summed E-state index contributed by atoms with van der Waals surface area (Å²) in [6, 6.07) is 0. The summed E-state index contributed by atoms with van der Waals surface area (Å²) >= 11 is 0. The molecule has 68 valence electrons. The third-order valence-corrected chi connectivity index (χ3v) is 2.26. The van der Waals surface area contributed by atoms with Gasteiger partial charge in [0.15, 0.2) is 0 Å². The molecule has 12 heavy (non-hydrogen) atoms. The highest BCUT2D eigenvalue weighted by atomic mass is 19.3. The average Bonchev–Trinajstić information content (AvgIpc) is 2.21. The highest BCUT2D eigenvalue weighted by Gasteiger charge is 2.50. The Kier molecular flexibility index (Phi) is 1.70. The maximum Gasteiger partial charge on any atom is 0.486 e. The lowest BCUT2D eigenvalue weighted by atomic mass is 9.91. The molecule has 0 spiro atoms. The van der Waals surface area contributed by atoms with Crippen LogP contribution in [0.3, 0.4) is 0 Å². The second kappa shape index (κ2) is 2.50. The van der Waals surface area contributed by atoms with Gasteiger partial charge in [0.2, 0.25) is 0 Å². The van der Waals surface area contributed by atoms with Crippen molar-refractivity contribution in [2.24, 2.45) is 0 Å². The normalized spacial score (nSPS) is 39.7. The lowest BCUT2D eigenvalue weighted by Gasteiger charge is -2.22. The van der Waals surface area contributed by atoms with Crippen molar-refractivity contribution in [3.8, 4) is 0 Å². The Labute approximate surface area is 69.2 Å².